The fraction of sp³-hybridized carbons (Fsp3) is 0.700. The molecule has 2 heterocycles. The SMILES string of the molecule is C[C@@H]1CC(n2cc(Br)c(N)n2)C[C@H](C)O1. The van der Waals surface area contributed by atoms with Gasteiger partial charge in [-0.25, -0.2) is 0 Å². The van der Waals surface area contributed by atoms with E-state index in [1.807, 2.05) is 10.9 Å². The van der Waals surface area contributed by atoms with Gasteiger partial charge in [-0.1, -0.05) is 0 Å². The Morgan fingerprint density at radius 3 is 2.53 bits per heavy atom. The Balaban J connectivity index is 2.16. The van der Waals surface area contributed by atoms with Crippen LogP contribution in [0.1, 0.15) is 32.7 Å². The van der Waals surface area contributed by atoms with Crippen LogP contribution in [-0.4, -0.2) is 22.0 Å². The van der Waals surface area contributed by atoms with Crippen molar-refractivity contribution in [2.75, 3.05) is 5.73 Å². The van der Waals surface area contributed by atoms with Crippen LogP contribution < -0.4 is 5.73 Å². The molecule has 0 spiro atoms. The van der Waals surface area contributed by atoms with E-state index in [4.69, 9.17) is 10.5 Å². The van der Waals surface area contributed by atoms with E-state index >= 15 is 0 Å². The van der Waals surface area contributed by atoms with E-state index in [0.717, 1.165) is 17.3 Å². The van der Waals surface area contributed by atoms with Crippen molar-refractivity contribution in [3.63, 3.8) is 0 Å². The second kappa shape index (κ2) is 4.14. The highest BCUT2D eigenvalue weighted by Crippen LogP contribution is 2.30. The van der Waals surface area contributed by atoms with Crippen molar-refractivity contribution >= 4 is 21.7 Å². The molecule has 0 aliphatic carbocycles. The van der Waals surface area contributed by atoms with Gasteiger partial charge in [-0.3, -0.25) is 4.68 Å². The van der Waals surface area contributed by atoms with Crippen molar-refractivity contribution in [1.29, 1.82) is 0 Å². The normalized spacial score (nSPS) is 31.8. The molecular weight excluding hydrogens is 258 g/mol. The predicted molar refractivity (Wildman–Crippen MR) is 62.6 cm³/mol. The molecule has 1 fully saturated rings. The van der Waals surface area contributed by atoms with Crippen molar-refractivity contribution in [2.24, 2.45) is 0 Å². The lowest BCUT2D eigenvalue weighted by Crippen LogP contribution is -2.31. The first-order chi connectivity index (χ1) is 7.06. The first-order valence-corrected chi connectivity index (χ1v) is 6.01. The monoisotopic (exact) mass is 273 g/mol. The molecule has 1 aliphatic heterocycles. The van der Waals surface area contributed by atoms with Crippen molar-refractivity contribution < 1.29 is 4.74 Å². The summed E-state index contributed by atoms with van der Waals surface area (Å²) in [7, 11) is 0. The quantitative estimate of drug-likeness (QED) is 0.855. The Hall–Kier alpha value is -0.550. The van der Waals surface area contributed by atoms with Gasteiger partial charge in [-0.05, 0) is 42.6 Å². The molecule has 0 bridgehead atoms. The molecule has 15 heavy (non-hydrogen) atoms. The summed E-state index contributed by atoms with van der Waals surface area (Å²) in [4.78, 5) is 0. The fourth-order valence-electron chi connectivity index (χ4n) is 2.16. The summed E-state index contributed by atoms with van der Waals surface area (Å²) < 4.78 is 8.51. The molecule has 1 aromatic rings. The summed E-state index contributed by atoms with van der Waals surface area (Å²) in [5, 5.41) is 4.29. The molecule has 1 saturated heterocycles. The minimum Gasteiger partial charge on any atom is -0.381 e. The lowest BCUT2D eigenvalue weighted by molar-refractivity contribution is -0.0506. The molecule has 2 rings (SSSR count). The lowest BCUT2D eigenvalue weighted by Gasteiger charge is -2.32. The van der Waals surface area contributed by atoms with Crippen LogP contribution in [0.2, 0.25) is 0 Å². The van der Waals surface area contributed by atoms with Crippen LogP contribution in [0, 0.1) is 0 Å². The van der Waals surface area contributed by atoms with Gasteiger partial charge in [0, 0.05) is 6.20 Å². The number of hydrogen-bond acceptors (Lipinski definition) is 3. The van der Waals surface area contributed by atoms with Crippen LogP contribution >= 0.6 is 15.9 Å². The summed E-state index contributed by atoms with van der Waals surface area (Å²) in [5.74, 6) is 0.557. The highest BCUT2D eigenvalue weighted by molar-refractivity contribution is 9.10. The highest BCUT2D eigenvalue weighted by atomic mass is 79.9. The number of hydrogen-bond donors (Lipinski definition) is 1. The van der Waals surface area contributed by atoms with Gasteiger partial charge in [0.2, 0.25) is 0 Å². The Morgan fingerprint density at radius 1 is 1.47 bits per heavy atom. The van der Waals surface area contributed by atoms with Gasteiger partial charge in [-0.2, -0.15) is 5.10 Å². The largest absolute Gasteiger partial charge is 0.381 e. The van der Waals surface area contributed by atoms with Crippen LogP contribution in [0.25, 0.3) is 0 Å². The first kappa shape index (κ1) is 11.0. The van der Waals surface area contributed by atoms with Gasteiger partial charge >= 0.3 is 0 Å². The summed E-state index contributed by atoms with van der Waals surface area (Å²) in [6.07, 6.45) is 4.53. The van der Waals surface area contributed by atoms with Gasteiger partial charge in [0.25, 0.3) is 0 Å². The molecule has 1 aliphatic rings. The molecule has 0 saturated carbocycles. The van der Waals surface area contributed by atoms with Gasteiger partial charge in [0.15, 0.2) is 5.82 Å². The van der Waals surface area contributed by atoms with Crippen LogP contribution in [0.4, 0.5) is 5.82 Å². The Bertz CT molecular complexity index is 323. The maximum absolute atomic E-state index is 5.71. The number of nitrogens with two attached hydrogens (primary N) is 1. The summed E-state index contributed by atoms with van der Waals surface area (Å²) >= 11 is 3.37. The first-order valence-electron chi connectivity index (χ1n) is 5.22. The highest BCUT2D eigenvalue weighted by Gasteiger charge is 2.26. The minimum atomic E-state index is 0.294. The van der Waals surface area contributed by atoms with Crippen LogP contribution in [0.5, 0.6) is 0 Å². The Morgan fingerprint density at radius 2 is 2.07 bits per heavy atom. The zero-order valence-electron chi connectivity index (χ0n) is 8.98. The fourth-order valence-corrected chi connectivity index (χ4v) is 2.45. The molecule has 0 radical (unpaired) electrons. The number of anilines is 1. The van der Waals surface area contributed by atoms with Gasteiger partial charge in [0.1, 0.15) is 0 Å². The van der Waals surface area contributed by atoms with Crippen molar-refractivity contribution in [3.8, 4) is 0 Å². The third-order valence-electron chi connectivity index (χ3n) is 2.76. The lowest BCUT2D eigenvalue weighted by atomic mass is 10.0. The Labute approximate surface area is 97.9 Å². The number of nitrogen functional groups attached to an aromatic ring is 1. The Kier molecular flexibility index (Phi) is 3.02. The summed E-state index contributed by atoms with van der Waals surface area (Å²) in [6.45, 7) is 4.20. The molecule has 1 aromatic heterocycles. The topological polar surface area (TPSA) is 53.1 Å². The van der Waals surface area contributed by atoms with Gasteiger partial charge in [0.05, 0.1) is 22.7 Å². The van der Waals surface area contributed by atoms with E-state index in [9.17, 15) is 0 Å². The number of halogens is 1. The molecule has 0 amide bonds. The number of nitrogens with zero attached hydrogens (tertiary/aromatic N) is 2. The van der Waals surface area contributed by atoms with Crippen LogP contribution in [-0.2, 0) is 4.74 Å². The predicted octanol–water partition coefficient (Wildman–Crippen LogP) is 2.36. The van der Waals surface area contributed by atoms with E-state index in [2.05, 4.69) is 34.9 Å². The van der Waals surface area contributed by atoms with E-state index in [1.54, 1.807) is 0 Å². The number of rotatable bonds is 1. The van der Waals surface area contributed by atoms with E-state index in [1.165, 1.54) is 0 Å². The summed E-state index contributed by atoms with van der Waals surface area (Å²) in [6, 6.07) is 0.400. The van der Waals surface area contributed by atoms with E-state index in [-0.39, 0.29) is 0 Å². The molecule has 84 valence electrons. The standard InChI is InChI=1S/C10H16BrN3O/c1-6-3-8(4-7(2)15-6)14-5-9(11)10(12)13-14/h5-8H,3-4H2,1-2H3,(H2,12,13)/t6-,7+,8?. The zero-order chi connectivity index (χ0) is 11.0. The number of ether oxygens (including phenoxy) is 1. The maximum atomic E-state index is 5.71. The van der Waals surface area contributed by atoms with Crippen molar-refractivity contribution in [1.82, 2.24) is 9.78 Å². The molecular formula is C10H16BrN3O. The minimum absolute atomic E-state index is 0.294. The summed E-state index contributed by atoms with van der Waals surface area (Å²) in [5.41, 5.74) is 5.71. The molecule has 5 heteroatoms. The van der Waals surface area contributed by atoms with Gasteiger partial charge < -0.3 is 10.5 Å². The second-order valence-electron chi connectivity index (χ2n) is 4.22. The molecule has 2 N–H and O–H groups in total. The van der Waals surface area contributed by atoms with Crippen molar-refractivity contribution in [3.05, 3.63) is 10.7 Å². The third kappa shape index (κ3) is 2.34. The van der Waals surface area contributed by atoms with Crippen molar-refractivity contribution in [2.45, 2.75) is 44.9 Å². The molecule has 3 atom stereocenters. The van der Waals surface area contributed by atoms with E-state index < -0.39 is 0 Å². The molecule has 1 unspecified atom stereocenters. The number of aromatic nitrogens is 2. The smallest absolute Gasteiger partial charge is 0.159 e. The van der Waals surface area contributed by atoms with Crippen LogP contribution in [0.3, 0.4) is 0 Å². The van der Waals surface area contributed by atoms with Gasteiger partial charge in [-0.15, -0.1) is 0 Å². The second-order valence-corrected chi connectivity index (χ2v) is 5.08. The molecule has 4 nitrogen and oxygen atoms in total. The average Bonchev–Trinajstić information content (AvgIpc) is 2.45. The van der Waals surface area contributed by atoms with Crippen LogP contribution in [0.15, 0.2) is 10.7 Å². The van der Waals surface area contributed by atoms with E-state index in [0.29, 0.717) is 24.1 Å². The average molecular weight is 274 g/mol. The zero-order valence-corrected chi connectivity index (χ0v) is 10.6. The maximum Gasteiger partial charge on any atom is 0.159 e. The molecule has 0 aromatic carbocycles. The third-order valence-corrected chi connectivity index (χ3v) is 3.37.